The zero-order valence-corrected chi connectivity index (χ0v) is 57.7. The van der Waals surface area contributed by atoms with Crippen LogP contribution < -0.4 is 0 Å². The second-order valence-electron chi connectivity index (χ2n) is 26.4. The third-order valence-electron chi connectivity index (χ3n) is 20.1. The number of aromatic nitrogens is 8. The van der Waals surface area contributed by atoms with Crippen LogP contribution in [-0.2, 0) is 0 Å². The molecule has 0 bridgehead atoms. The van der Waals surface area contributed by atoms with Gasteiger partial charge < -0.3 is 4.42 Å². The van der Waals surface area contributed by atoms with Crippen LogP contribution in [0.4, 0.5) is 0 Å². The van der Waals surface area contributed by atoms with E-state index in [1.54, 1.807) is 11.3 Å². The van der Waals surface area contributed by atoms with Crippen molar-refractivity contribution >= 4 is 108 Å². The van der Waals surface area contributed by atoms with E-state index in [4.69, 9.17) is 39.3 Å². The maximum atomic E-state index is 6.26. The molecule has 21 rings (SSSR count). The van der Waals surface area contributed by atoms with Gasteiger partial charge in [0.15, 0.2) is 5.82 Å². The zero-order chi connectivity index (χ0) is 70.0. The Kier molecular flexibility index (Phi) is 15.2. The molecule has 0 aliphatic heterocycles. The Morgan fingerprint density at radius 2 is 0.755 bits per heavy atom. The molecule has 13 aromatic carbocycles. The van der Waals surface area contributed by atoms with E-state index in [-0.39, 0.29) is 0 Å². The van der Waals surface area contributed by atoms with Crippen molar-refractivity contribution < 1.29 is 4.42 Å². The van der Waals surface area contributed by atoms with Crippen molar-refractivity contribution in [2.75, 3.05) is 0 Å². The molecule has 21 aromatic rings. The molecule has 8 aromatic heterocycles. The number of pyridine rings is 4. The van der Waals surface area contributed by atoms with Gasteiger partial charge in [-0.2, -0.15) is 0 Å². The second kappa shape index (κ2) is 26.1. The standard InChI is InChI=1S/C52H32N4O.C44H26N4S/c1-2-11-33(12-3-1)34-22-26-36(27-23-34)49-50(55-44-19-6-5-18-43(44)54-49)37-28-24-35(25-29-37)38-13-8-14-39(31-38)40-15-9-16-41(32-40)47-48-42-17-4-7-21-46(42)57-52(48)56-45-20-10-30-53-51(45)47;1-2-10-28(11-3-1)41-34-14-6-8-16-37(34)47-44(48-41)29-20-18-27(19-21-29)30-22-23-33(32-13-5-4-12-31(30)32)42-43-40(35-15-7-9-17-39(35)49-43)36-26-45-25-24-38(36)46-42/h1-32H;1-26H. The first-order valence-electron chi connectivity index (χ1n) is 35.3. The Morgan fingerprint density at radius 3 is 1.47 bits per heavy atom. The van der Waals surface area contributed by atoms with Crippen LogP contribution >= 0.6 is 11.3 Å². The predicted octanol–water partition coefficient (Wildman–Crippen LogP) is 25.2. The molecule has 0 aliphatic rings. The quantitative estimate of drug-likeness (QED) is 0.132. The lowest BCUT2D eigenvalue weighted by molar-refractivity contribution is 0.656. The smallest absolute Gasteiger partial charge is 0.228 e. The molecule has 9 nitrogen and oxygen atoms in total. The second-order valence-corrected chi connectivity index (χ2v) is 27.5. The van der Waals surface area contributed by atoms with Gasteiger partial charge in [0.2, 0.25) is 5.71 Å². The Hall–Kier alpha value is -14.1. The lowest BCUT2D eigenvalue weighted by Crippen LogP contribution is -1.95. The van der Waals surface area contributed by atoms with Gasteiger partial charge in [0.25, 0.3) is 0 Å². The van der Waals surface area contributed by atoms with E-state index in [1.807, 2.05) is 104 Å². The van der Waals surface area contributed by atoms with Crippen molar-refractivity contribution in [3.8, 4) is 112 Å². The van der Waals surface area contributed by atoms with E-state index in [9.17, 15) is 0 Å². The van der Waals surface area contributed by atoms with Gasteiger partial charge >= 0.3 is 0 Å². The Bertz CT molecular complexity index is 7000. The summed E-state index contributed by atoms with van der Waals surface area (Å²) in [7, 11) is 0. The van der Waals surface area contributed by atoms with Crippen LogP contribution in [0.5, 0.6) is 0 Å². The Balaban J connectivity index is 0.000000142. The molecule has 0 spiro atoms. The summed E-state index contributed by atoms with van der Waals surface area (Å²) in [6.07, 6.45) is 5.61. The molecular formula is C96H58N8OS. The summed E-state index contributed by atoms with van der Waals surface area (Å²) in [5.74, 6) is 0.717. The maximum absolute atomic E-state index is 6.26. The molecule has 106 heavy (non-hydrogen) atoms. The highest BCUT2D eigenvalue weighted by molar-refractivity contribution is 7.26. The number of thiophene rings is 1. The SMILES string of the molecule is c1ccc(-c2ccc(-c3nc4ccccc4nc3-c3ccc(-c4cccc(-c5cccc(-c6c7ncccc7nc7oc8ccccc8c67)c5)c4)cc3)cc2)cc1.c1ccc(-c2nc(-c3ccc(-c4ccc(-c5nc6ccncc6c6c5sc5ccccc56)c5ccccc45)cc3)nc3ccccc23)cc1. The van der Waals surface area contributed by atoms with Crippen LogP contribution in [-0.4, -0.2) is 39.9 Å². The summed E-state index contributed by atoms with van der Waals surface area (Å²) in [6.45, 7) is 0. The molecule has 494 valence electrons. The molecular weight excluding hydrogens is 1310 g/mol. The van der Waals surface area contributed by atoms with Crippen LogP contribution in [0.1, 0.15) is 0 Å². The number of benzene rings is 13. The van der Waals surface area contributed by atoms with Crippen LogP contribution in [0.3, 0.4) is 0 Å². The lowest BCUT2D eigenvalue weighted by atomic mass is 9.92. The molecule has 0 radical (unpaired) electrons. The molecule has 0 atom stereocenters. The van der Waals surface area contributed by atoms with Crippen molar-refractivity contribution in [2.24, 2.45) is 0 Å². The number of para-hydroxylation sites is 4. The van der Waals surface area contributed by atoms with E-state index in [1.165, 1.54) is 47.6 Å². The van der Waals surface area contributed by atoms with Crippen LogP contribution in [0.25, 0.3) is 209 Å². The highest BCUT2D eigenvalue weighted by Gasteiger charge is 2.23. The molecule has 0 fully saturated rings. The van der Waals surface area contributed by atoms with Gasteiger partial charge in [-0.3, -0.25) is 9.97 Å². The average Bonchev–Trinajstić information content (AvgIpc) is 1.60. The third kappa shape index (κ3) is 11.0. The third-order valence-corrected chi connectivity index (χ3v) is 21.3. The minimum atomic E-state index is 0.616. The number of rotatable bonds is 10. The summed E-state index contributed by atoms with van der Waals surface area (Å²) in [6, 6.07) is 116. The zero-order valence-electron chi connectivity index (χ0n) is 56.9. The summed E-state index contributed by atoms with van der Waals surface area (Å²) in [5.41, 5.74) is 26.9. The molecule has 0 N–H and O–H groups in total. The van der Waals surface area contributed by atoms with Gasteiger partial charge in [-0.1, -0.05) is 273 Å². The fourth-order valence-corrected chi connectivity index (χ4v) is 16.3. The number of fused-ring (bicyclic) bond motifs is 12. The number of hydrogen-bond donors (Lipinski definition) is 0. The minimum absolute atomic E-state index is 0.616. The van der Waals surface area contributed by atoms with E-state index >= 15 is 0 Å². The van der Waals surface area contributed by atoms with Crippen molar-refractivity contribution in [3.63, 3.8) is 0 Å². The number of nitrogens with zero attached hydrogens (tertiary/aromatic N) is 8. The van der Waals surface area contributed by atoms with E-state index in [0.717, 1.165) is 150 Å². The van der Waals surface area contributed by atoms with E-state index in [2.05, 4.69) is 254 Å². The summed E-state index contributed by atoms with van der Waals surface area (Å²) in [5, 5.41) is 8.98. The monoisotopic (exact) mass is 1370 g/mol. The Morgan fingerprint density at radius 1 is 0.264 bits per heavy atom. The maximum Gasteiger partial charge on any atom is 0.228 e. The summed E-state index contributed by atoms with van der Waals surface area (Å²) >= 11 is 1.80. The van der Waals surface area contributed by atoms with Crippen LogP contribution in [0.2, 0.25) is 0 Å². The molecule has 10 heteroatoms. The van der Waals surface area contributed by atoms with E-state index < -0.39 is 0 Å². The predicted molar refractivity (Wildman–Crippen MR) is 437 cm³/mol. The van der Waals surface area contributed by atoms with Gasteiger partial charge in [-0.05, 0) is 122 Å². The van der Waals surface area contributed by atoms with Gasteiger partial charge in [0, 0.05) is 83.6 Å². The van der Waals surface area contributed by atoms with Crippen molar-refractivity contribution in [1.82, 2.24) is 39.9 Å². The van der Waals surface area contributed by atoms with Crippen molar-refractivity contribution in [1.29, 1.82) is 0 Å². The van der Waals surface area contributed by atoms with Crippen molar-refractivity contribution in [3.05, 3.63) is 352 Å². The minimum Gasteiger partial charge on any atom is -0.438 e. The van der Waals surface area contributed by atoms with E-state index in [0.29, 0.717) is 11.5 Å². The average molecular weight is 1370 g/mol. The number of hydrogen-bond acceptors (Lipinski definition) is 10. The molecule has 8 heterocycles. The van der Waals surface area contributed by atoms with Crippen LogP contribution in [0, 0.1) is 0 Å². The van der Waals surface area contributed by atoms with Gasteiger partial charge in [0.05, 0.1) is 66.0 Å². The lowest BCUT2D eigenvalue weighted by Gasteiger charge is -2.14. The van der Waals surface area contributed by atoms with Gasteiger partial charge in [0.1, 0.15) is 5.58 Å². The summed E-state index contributed by atoms with van der Waals surface area (Å²) < 4.78 is 8.70. The number of furan rings is 1. The van der Waals surface area contributed by atoms with Gasteiger partial charge in [-0.25, -0.2) is 29.9 Å². The molecule has 0 unspecified atom stereocenters. The molecule has 0 saturated carbocycles. The topological polar surface area (TPSA) is 116 Å². The summed E-state index contributed by atoms with van der Waals surface area (Å²) in [4.78, 5) is 39.8. The Labute approximate surface area is 612 Å². The van der Waals surface area contributed by atoms with Crippen LogP contribution in [0.15, 0.2) is 357 Å². The van der Waals surface area contributed by atoms with Gasteiger partial charge in [-0.15, -0.1) is 11.3 Å². The van der Waals surface area contributed by atoms with Crippen molar-refractivity contribution in [2.45, 2.75) is 0 Å². The first kappa shape index (κ1) is 61.8. The fraction of sp³-hybridized carbons (Fsp3) is 0. The highest BCUT2D eigenvalue weighted by atomic mass is 32.1. The molecule has 0 amide bonds. The normalized spacial score (nSPS) is 11.6. The first-order valence-corrected chi connectivity index (χ1v) is 36.2. The molecule has 0 saturated heterocycles. The fourth-order valence-electron chi connectivity index (χ4n) is 15.0. The first-order chi connectivity index (χ1) is 52.5. The largest absolute Gasteiger partial charge is 0.438 e. The highest BCUT2D eigenvalue weighted by Crippen LogP contribution is 2.47. The molecule has 0 aliphatic carbocycles.